The van der Waals surface area contributed by atoms with E-state index in [1.54, 1.807) is 0 Å². The van der Waals surface area contributed by atoms with E-state index in [0.29, 0.717) is 0 Å². The molecule has 2 heteroatoms. The molecule has 0 aromatic carbocycles. The van der Waals surface area contributed by atoms with Crippen molar-refractivity contribution < 1.29 is 0 Å². The van der Waals surface area contributed by atoms with Crippen LogP contribution in [-0.4, -0.2) is 11.6 Å². The van der Waals surface area contributed by atoms with Crippen LogP contribution in [0.1, 0.15) is 32.2 Å². The molecule has 0 spiro atoms. The van der Waals surface area contributed by atoms with Crippen molar-refractivity contribution in [3.05, 3.63) is 23.5 Å². The van der Waals surface area contributed by atoms with Gasteiger partial charge in [0.05, 0.1) is 0 Å². The Hall–Kier alpha value is -0.760. The van der Waals surface area contributed by atoms with Crippen LogP contribution in [0.4, 0.5) is 0 Å². The monoisotopic (exact) mass is 194 g/mol. The maximum Gasteiger partial charge on any atom is 0.0357 e. The summed E-state index contributed by atoms with van der Waals surface area (Å²) in [6.45, 7) is 8.79. The number of nitrogens with one attached hydrogen (secondary N) is 1. The summed E-state index contributed by atoms with van der Waals surface area (Å²) in [5.41, 5.74) is 2.86. The lowest BCUT2D eigenvalue weighted by molar-refractivity contribution is 0.580. The minimum atomic E-state index is 0.734. The Morgan fingerprint density at radius 2 is 1.93 bits per heavy atom. The third-order valence-electron chi connectivity index (χ3n) is 2.45. The highest BCUT2D eigenvalue weighted by Gasteiger charge is 2.07. The molecule has 0 unspecified atom stereocenters. The Morgan fingerprint density at radius 1 is 1.29 bits per heavy atom. The fraction of sp³-hybridized carbons (Fsp3) is 0.667. The first kappa shape index (κ1) is 11.3. The Labute approximate surface area is 87.3 Å². The largest absolute Gasteiger partial charge is 0.348 e. The molecule has 0 amide bonds. The molecule has 0 aliphatic carbocycles. The zero-order valence-electron chi connectivity index (χ0n) is 9.80. The van der Waals surface area contributed by atoms with E-state index < -0.39 is 0 Å². The van der Waals surface area contributed by atoms with E-state index in [9.17, 15) is 0 Å². The Balaban J connectivity index is 2.83. The maximum absolute atomic E-state index is 3.20. The van der Waals surface area contributed by atoms with Crippen LogP contribution in [0.15, 0.2) is 12.1 Å². The van der Waals surface area contributed by atoms with Gasteiger partial charge in [0.2, 0.25) is 0 Å². The van der Waals surface area contributed by atoms with Crippen LogP contribution in [0, 0.1) is 5.92 Å². The van der Waals surface area contributed by atoms with Gasteiger partial charge in [0.25, 0.3) is 0 Å². The summed E-state index contributed by atoms with van der Waals surface area (Å²) in [4.78, 5) is 0. The molecule has 1 aromatic rings. The summed E-state index contributed by atoms with van der Waals surface area (Å²) < 4.78 is 2.41. The highest BCUT2D eigenvalue weighted by molar-refractivity contribution is 5.17. The summed E-state index contributed by atoms with van der Waals surface area (Å²) in [6.07, 6.45) is 1.18. The fourth-order valence-corrected chi connectivity index (χ4v) is 1.89. The molecule has 0 bridgehead atoms. The van der Waals surface area contributed by atoms with Gasteiger partial charge < -0.3 is 9.88 Å². The lowest BCUT2D eigenvalue weighted by atomic mass is 10.1. The number of nitrogens with zero attached hydrogens (tertiary/aromatic N) is 1. The van der Waals surface area contributed by atoms with Gasteiger partial charge in [-0.1, -0.05) is 13.8 Å². The van der Waals surface area contributed by atoms with Crippen molar-refractivity contribution in [1.82, 2.24) is 9.88 Å². The van der Waals surface area contributed by atoms with E-state index in [-0.39, 0.29) is 0 Å². The molecule has 0 atom stereocenters. The van der Waals surface area contributed by atoms with Crippen LogP contribution in [0.2, 0.25) is 0 Å². The standard InChI is InChI=1S/C12H22N2/c1-5-14-11(8-10(2)3)6-7-12(14)9-13-4/h6-7,10,13H,5,8-9H2,1-4H3. The molecule has 14 heavy (non-hydrogen) atoms. The molecule has 2 nitrogen and oxygen atoms in total. The average molecular weight is 194 g/mol. The van der Waals surface area contributed by atoms with Gasteiger partial charge in [-0.15, -0.1) is 0 Å². The highest BCUT2D eigenvalue weighted by atomic mass is 15.0. The van der Waals surface area contributed by atoms with Crippen LogP contribution in [0.25, 0.3) is 0 Å². The second-order valence-corrected chi connectivity index (χ2v) is 4.19. The third-order valence-corrected chi connectivity index (χ3v) is 2.45. The van der Waals surface area contributed by atoms with Gasteiger partial charge in [0, 0.05) is 24.5 Å². The molecular formula is C12H22N2. The number of aromatic nitrogens is 1. The van der Waals surface area contributed by atoms with Gasteiger partial charge in [-0.25, -0.2) is 0 Å². The Bertz CT molecular complexity index is 274. The first-order chi connectivity index (χ1) is 6.69. The van der Waals surface area contributed by atoms with Crippen molar-refractivity contribution in [2.45, 2.75) is 40.3 Å². The van der Waals surface area contributed by atoms with E-state index in [1.165, 1.54) is 17.8 Å². The van der Waals surface area contributed by atoms with E-state index in [4.69, 9.17) is 0 Å². The minimum Gasteiger partial charge on any atom is -0.348 e. The van der Waals surface area contributed by atoms with E-state index in [0.717, 1.165) is 19.0 Å². The van der Waals surface area contributed by atoms with E-state index >= 15 is 0 Å². The first-order valence-electron chi connectivity index (χ1n) is 5.50. The summed E-state index contributed by atoms with van der Waals surface area (Å²) >= 11 is 0. The maximum atomic E-state index is 3.20. The molecule has 0 fully saturated rings. The Kier molecular flexibility index (Phi) is 4.21. The summed E-state index contributed by atoms with van der Waals surface area (Å²) in [5.74, 6) is 0.734. The molecule has 1 heterocycles. The van der Waals surface area contributed by atoms with Crippen molar-refractivity contribution in [3.8, 4) is 0 Å². The minimum absolute atomic E-state index is 0.734. The van der Waals surface area contributed by atoms with Gasteiger partial charge in [0.1, 0.15) is 0 Å². The van der Waals surface area contributed by atoms with Crippen LogP contribution in [0.5, 0.6) is 0 Å². The van der Waals surface area contributed by atoms with E-state index in [2.05, 4.69) is 42.8 Å². The van der Waals surface area contributed by atoms with E-state index in [1.807, 2.05) is 7.05 Å². The predicted octanol–water partition coefficient (Wildman–Crippen LogP) is 2.43. The molecule has 0 aliphatic heterocycles. The van der Waals surface area contributed by atoms with Crippen molar-refractivity contribution in [2.24, 2.45) is 5.92 Å². The molecule has 1 N–H and O–H groups in total. The van der Waals surface area contributed by atoms with Crippen LogP contribution < -0.4 is 5.32 Å². The predicted molar refractivity (Wildman–Crippen MR) is 61.4 cm³/mol. The number of rotatable bonds is 5. The third kappa shape index (κ3) is 2.61. The van der Waals surface area contributed by atoms with Gasteiger partial charge in [-0.3, -0.25) is 0 Å². The zero-order chi connectivity index (χ0) is 10.6. The molecule has 1 rings (SSSR count). The normalized spacial score (nSPS) is 11.2. The summed E-state index contributed by atoms with van der Waals surface area (Å²) in [6, 6.07) is 4.49. The lowest BCUT2D eigenvalue weighted by Crippen LogP contribution is -2.13. The molecule has 0 aliphatic rings. The van der Waals surface area contributed by atoms with Crippen LogP contribution >= 0.6 is 0 Å². The lowest BCUT2D eigenvalue weighted by Gasteiger charge is -2.12. The first-order valence-corrected chi connectivity index (χ1v) is 5.50. The summed E-state index contributed by atoms with van der Waals surface area (Å²) in [5, 5.41) is 3.20. The van der Waals surface area contributed by atoms with Crippen molar-refractivity contribution in [3.63, 3.8) is 0 Å². The van der Waals surface area contributed by atoms with Crippen molar-refractivity contribution >= 4 is 0 Å². The molecule has 0 saturated heterocycles. The topological polar surface area (TPSA) is 17.0 Å². The molecule has 80 valence electrons. The molecular weight excluding hydrogens is 172 g/mol. The number of hydrogen-bond acceptors (Lipinski definition) is 1. The van der Waals surface area contributed by atoms with Gasteiger partial charge in [-0.2, -0.15) is 0 Å². The van der Waals surface area contributed by atoms with Crippen molar-refractivity contribution in [2.75, 3.05) is 7.05 Å². The molecule has 0 saturated carbocycles. The summed E-state index contributed by atoms with van der Waals surface area (Å²) in [7, 11) is 2.00. The highest BCUT2D eigenvalue weighted by Crippen LogP contribution is 2.13. The quantitative estimate of drug-likeness (QED) is 0.761. The zero-order valence-corrected chi connectivity index (χ0v) is 9.80. The van der Waals surface area contributed by atoms with Crippen LogP contribution in [0.3, 0.4) is 0 Å². The van der Waals surface area contributed by atoms with Crippen LogP contribution in [-0.2, 0) is 19.5 Å². The smallest absolute Gasteiger partial charge is 0.0357 e. The van der Waals surface area contributed by atoms with Crippen molar-refractivity contribution in [1.29, 1.82) is 0 Å². The second kappa shape index (κ2) is 5.20. The molecule has 1 aromatic heterocycles. The molecule has 0 radical (unpaired) electrons. The number of hydrogen-bond donors (Lipinski definition) is 1. The average Bonchev–Trinajstić information content (AvgIpc) is 2.47. The van der Waals surface area contributed by atoms with Gasteiger partial charge in [0.15, 0.2) is 0 Å². The van der Waals surface area contributed by atoms with Gasteiger partial charge in [-0.05, 0) is 38.4 Å². The Morgan fingerprint density at radius 3 is 2.43 bits per heavy atom. The SMILES string of the molecule is CCn1c(CNC)ccc1CC(C)C. The second-order valence-electron chi connectivity index (χ2n) is 4.19. The van der Waals surface area contributed by atoms with Gasteiger partial charge >= 0.3 is 0 Å². The fourth-order valence-electron chi connectivity index (χ4n) is 1.89.